The van der Waals surface area contributed by atoms with Crippen molar-refractivity contribution in [3.05, 3.63) is 71.4 Å². The average Bonchev–Trinajstić information content (AvgIpc) is 3.10. The minimum atomic E-state index is -0.557. The lowest BCUT2D eigenvalue weighted by Crippen LogP contribution is -2.37. The second kappa shape index (κ2) is 12.9. The van der Waals surface area contributed by atoms with E-state index in [0.29, 0.717) is 44.0 Å². The molecule has 6 nitrogen and oxygen atoms in total. The molecule has 2 aromatic carbocycles. The lowest BCUT2D eigenvalue weighted by atomic mass is 10.1. The molecule has 0 radical (unpaired) electrons. The van der Waals surface area contributed by atoms with Gasteiger partial charge in [0, 0.05) is 26.2 Å². The zero-order valence-electron chi connectivity index (χ0n) is 22.1. The zero-order chi connectivity index (χ0) is 25.4. The van der Waals surface area contributed by atoms with E-state index in [1.165, 1.54) is 5.56 Å². The van der Waals surface area contributed by atoms with E-state index in [9.17, 15) is 5.11 Å². The van der Waals surface area contributed by atoms with E-state index in [4.69, 9.17) is 14.6 Å². The third-order valence-corrected chi connectivity index (χ3v) is 5.61. The fourth-order valence-corrected chi connectivity index (χ4v) is 4.02. The Kier molecular flexibility index (Phi) is 9.90. The SMILES string of the molecule is Cc1ccc(Oc2c(CN(CC(C)C)CC(O)COCC(C)C)c(C)nn2-c2ccccc2)cc1. The number of hydrogen-bond donors (Lipinski definition) is 1. The quantitative estimate of drug-likeness (QED) is 0.337. The van der Waals surface area contributed by atoms with Crippen molar-refractivity contribution in [2.45, 2.75) is 54.2 Å². The highest BCUT2D eigenvalue weighted by atomic mass is 16.5. The lowest BCUT2D eigenvalue weighted by Gasteiger charge is -2.27. The summed E-state index contributed by atoms with van der Waals surface area (Å²) in [6.45, 7) is 15.7. The molecule has 0 aliphatic rings. The number of rotatable bonds is 13. The fourth-order valence-electron chi connectivity index (χ4n) is 4.02. The maximum Gasteiger partial charge on any atom is 0.227 e. The van der Waals surface area contributed by atoms with Crippen LogP contribution in [0.25, 0.3) is 5.69 Å². The van der Waals surface area contributed by atoms with Gasteiger partial charge in [-0.1, -0.05) is 63.6 Å². The third-order valence-electron chi connectivity index (χ3n) is 5.61. The van der Waals surface area contributed by atoms with Gasteiger partial charge in [-0.05, 0) is 49.9 Å². The number of aromatic nitrogens is 2. The van der Waals surface area contributed by atoms with Gasteiger partial charge in [-0.3, -0.25) is 4.90 Å². The van der Waals surface area contributed by atoms with Crippen LogP contribution in [-0.4, -0.2) is 52.2 Å². The molecule has 0 fully saturated rings. The molecular weight excluding hydrogens is 438 g/mol. The largest absolute Gasteiger partial charge is 0.439 e. The van der Waals surface area contributed by atoms with Gasteiger partial charge in [0.1, 0.15) is 5.75 Å². The first-order valence-electron chi connectivity index (χ1n) is 12.6. The molecule has 0 bridgehead atoms. The number of nitrogens with zero attached hydrogens (tertiary/aromatic N) is 3. The molecule has 0 amide bonds. The molecule has 6 heteroatoms. The summed E-state index contributed by atoms with van der Waals surface area (Å²) in [5.74, 6) is 2.37. The van der Waals surface area contributed by atoms with Crippen LogP contribution in [0.2, 0.25) is 0 Å². The smallest absolute Gasteiger partial charge is 0.227 e. The van der Waals surface area contributed by atoms with Crippen LogP contribution >= 0.6 is 0 Å². The highest BCUT2D eigenvalue weighted by Crippen LogP contribution is 2.32. The highest BCUT2D eigenvalue weighted by Gasteiger charge is 2.23. The molecule has 0 aliphatic carbocycles. The van der Waals surface area contributed by atoms with Crippen LogP contribution in [0.3, 0.4) is 0 Å². The Hall–Kier alpha value is -2.67. The molecule has 1 aromatic heterocycles. The highest BCUT2D eigenvalue weighted by molar-refractivity contribution is 5.43. The van der Waals surface area contributed by atoms with Crippen LogP contribution in [0, 0.1) is 25.7 Å². The maximum atomic E-state index is 10.7. The van der Waals surface area contributed by atoms with Gasteiger partial charge in [0.25, 0.3) is 0 Å². The van der Waals surface area contributed by atoms with Crippen molar-refractivity contribution in [3.63, 3.8) is 0 Å². The molecule has 3 rings (SSSR count). The van der Waals surface area contributed by atoms with Gasteiger partial charge in [-0.25, -0.2) is 4.68 Å². The Morgan fingerprint density at radius 3 is 2.20 bits per heavy atom. The van der Waals surface area contributed by atoms with Gasteiger partial charge in [0.15, 0.2) is 0 Å². The Morgan fingerprint density at radius 2 is 1.57 bits per heavy atom. The Bertz CT molecular complexity index is 1030. The zero-order valence-corrected chi connectivity index (χ0v) is 22.1. The number of ether oxygens (including phenoxy) is 2. The molecule has 1 N–H and O–H groups in total. The second-order valence-electron chi connectivity index (χ2n) is 10.2. The first kappa shape index (κ1) is 26.9. The maximum absolute atomic E-state index is 10.7. The van der Waals surface area contributed by atoms with Crippen LogP contribution in [0.4, 0.5) is 0 Å². The van der Waals surface area contributed by atoms with Gasteiger partial charge in [0.05, 0.1) is 29.7 Å². The first-order valence-corrected chi connectivity index (χ1v) is 12.6. The molecule has 0 saturated carbocycles. The van der Waals surface area contributed by atoms with Crippen molar-refractivity contribution < 1.29 is 14.6 Å². The number of aliphatic hydroxyl groups excluding tert-OH is 1. The number of hydrogen-bond acceptors (Lipinski definition) is 5. The number of para-hydroxylation sites is 1. The molecule has 35 heavy (non-hydrogen) atoms. The van der Waals surface area contributed by atoms with Gasteiger partial charge in [-0.15, -0.1) is 0 Å². The summed E-state index contributed by atoms with van der Waals surface area (Å²) >= 11 is 0. The Morgan fingerprint density at radius 1 is 0.886 bits per heavy atom. The van der Waals surface area contributed by atoms with Gasteiger partial charge < -0.3 is 14.6 Å². The van der Waals surface area contributed by atoms with Crippen molar-refractivity contribution in [1.82, 2.24) is 14.7 Å². The van der Waals surface area contributed by atoms with E-state index in [1.807, 2.05) is 66.2 Å². The van der Waals surface area contributed by atoms with E-state index in [0.717, 1.165) is 29.2 Å². The van der Waals surface area contributed by atoms with Crippen molar-refractivity contribution in [1.29, 1.82) is 0 Å². The van der Waals surface area contributed by atoms with Crippen molar-refractivity contribution in [3.8, 4) is 17.3 Å². The van der Waals surface area contributed by atoms with Crippen LogP contribution in [0.1, 0.15) is 44.5 Å². The van der Waals surface area contributed by atoms with Gasteiger partial charge in [0.2, 0.25) is 5.88 Å². The van der Waals surface area contributed by atoms with Crippen molar-refractivity contribution in [2.75, 3.05) is 26.3 Å². The Labute approximate surface area is 210 Å². The minimum Gasteiger partial charge on any atom is -0.439 e. The van der Waals surface area contributed by atoms with E-state index < -0.39 is 6.10 Å². The normalized spacial score (nSPS) is 12.6. The van der Waals surface area contributed by atoms with Gasteiger partial charge in [-0.2, -0.15) is 5.10 Å². The topological polar surface area (TPSA) is 59.8 Å². The predicted molar refractivity (Wildman–Crippen MR) is 141 cm³/mol. The summed E-state index contributed by atoms with van der Waals surface area (Å²) in [4.78, 5) is 2.27. The summed E-state index contributed by atoms with van der Waals surface area (Å²) in [7, 11) is 0. The summed E-state index contributed by atoms with van der Waals surface area (Å²) in [5, 5.41) is 15.5. The summed E-state index contributed by atoms with van der Waals surface area (Å²) < 4.78 is 14.0. The van der Waals surface area contributed by atoms with Gasteiger partial charge >= 0.3 is 0 Å². The monoisotopic (exact) mass is 479 g/mol. The molecule has 1 unspecified atom stereocenters. The molecule has 0 spiro atoms. The lowest BCUT2D eigenvalue weighted by molar-refractivity contribution is 0.00511. The van der Waals surface area contributed by atoms with Crippen LogP contribution < -0.4 is 4.74 Å². The molecule has 190 valence electrons. The standard InChI is InChI=1S/C29H41N3O3/c1-21(2)16-31(17-26(33)20-34-19-22(3)4)18-28-24(6)30-32(25-10-8-7-9-11-25)29(28)35-27-14-12-23(5)13-15-27/h7-15,21-22,26,33H,16-20H2,1-6H3. The summed E-state index contributed by atoms with van der Waals surface area (Å²) in [5.41, 5.74) is 4.06. The number of aryl methyl sites for hydroxylation is 2. The minimum absolute atomic E-state index is 0.335. The van der Waals surface area contributed by atoms with E-state index in [2.05, 4.69) is 39.5 Å². The molecule has 3 aromatic rings. The van der Waals surface area contributed by atoms with Crippen molar-refractivity contribution in [2.24, 2.45) is 11.8 Å². The van der Waals surface area contributed by atoms with Crippen molar-refractivity contribution >= 4 is 0 Å². The van der Waals surface area contributed by atoms with Crippen LogP contribution in [0.5, 0.6) is 11.6 Å². The van der Waals surface area contributed by atoms with E-state index in [-0.39, 0.29) is 0 Å². The fraction of sp³-hybridized carbons (Fsp3) is 0.483. The molecule has 0 saturated heterocycles. The molecule has 1 heterocycles. The predicted octanol–water partition coefficient (Wildman–Crippen LogP) is 5.77. The number of benzene rings is 2. The van der Waals surface area contributed by atoms with Crippen LogP contribution in [0.15, 0.2) is 54.6 Å². The first-order chi connectivity index (χ1) is 16.7. The molecule has 1 atom stereocenters. The summed E-state index contributed by atoms with van der Waals surface area (Å²) in [6, 6.07) is 18.1. The Balaban J connectivity index is 1.89. The molecule has 0 aliphatic heterocycles. The second-order valence-corrected chi connectivity index (χ2v) is 10.2. The molecular formula is C29H41N3O3. The number of aliphatic hydroxyl groups is 1. The van der Waals surface area contributed by atoms with Crippen LogP contribution in [-0.2, 0) is 11.3 Å². The van der Waals surface area contributed by atoms with E-state index >= 15 is 0 Å². The average molecular weight is 480 g/mol. The third kappa shape index (κ3) is 8.20. The van der Waals surface area contributed by atoms with E-state index in [1.54, 1.807) is 0 Å². The summed E-state index contributed by atoms with van der Waals surface area (Å²) in [6.07, 6.45) is -0.557.